The van der Waals surface area contributed by atoms with E-state index in [-0.39, 0.29) is 47.8 Å². The molecule has 0 bridgehead atoms. The number of halogens is 2. The van der Waals surface area contributed by atoms with Gasteiger partial charge in [0.1, 0.15) is 5.82 Å². The highest BCUT2D eigenvalue weighted by Gasteiger charge is 2.10. The van der Waals surface area contributed by atoms with Gasteiger partial charge < -0.3 is 16.0 Å². The maximum atomic E-state index is 13.7. The summed E-state index contributed by atoms with van der Waals surface area (Å²) in [6.07, 6.45) is 1.25. The van der Waals surface area contributed by atoms with Crippen molar-refractivity contribution in [3.8, 4) is 0 Å². The van der Waals surface area contributed by atoms with Crippen molar-refractivity contribution in [2.45, 2.75) is 59.5 Å². The molecule has 0 aliphatic carbocycles. The van der Waals surface area contributed by atoms with E-state index in [0.29, 0.717) is 31.0 Å². The lowest BCUT2D eigenvalue weighted by Crippen LogP contribution is -2.39. The third-order valence-corrected chi connectivity index (χ3v) is 4.02. The molecule has 0 heterocycles. The van der Waals surface area contributed by atoms with E-state index in [1.165, 1.54) is 6.07 Å². The Morgan fingerprint density at radius 1 is 1.23 bits per heavy atom. The molecule has 1 aromatic carbocycles. The second-order valence-electron chi connectivity index (χ2n) is 6.26. The van der Waals surface area contributed by atoms with Gasteiger partial charge in [-0.3, -0.25) is 9.79 Å². The first kappa shape index (κ1) is 24.6. The summed E-state index contributed by atoms with van der Waals surface area (Å²) in [7, 11) is 0. The number of carbonyl (C=O) groups is 1. The topological polar surface area (TPSA) is 65.5 Å². The molecule has 3 N–H and O–H groups in total. The number of carbonyl (C=O) groups excluding carboxylic acids is 1. The molecule has 148 valence electrons. The number of benzene rings is 1. The lowest BCUT2D eigenvalue weighted by molar-refractivity contribution is -0.121. The minimum Gasteiger partial charge on any atom is -0.357 e. The van der Waals surface area contributed by atoms with Crippen LogP contribution < -0.4 is 16.0 Å². The molecule has 1 amide bonds. The molecule has 26 heavy (non-hydrogen) atoms. The van der Waals surface area contributed by atoms with Crippen LogP contribution in [0.5, 0.6) is 0 Å². The molecule has 7 heteroatoms. The molecule has 0 aliphatic heterocycles. The van der Waals surface area contributed by atoms with E-state index in [4.69, 9.17) is 0 Å². The summed E-state index contributed by atoms with van der Waals surface area (Å²) >= 11 is 0. The second-order valence-corrected chi connectivity index (χ2v) is 6.26. The minimum absolute atomic E-state index is 0. The quantitative estimate of drug-likeness (QED) is 0.304. The summed E-state index contributed by atoms with van der Waals surface area (Å²) in [5, 5.41) is 9.32. The highest BCUT2D eigenvalue weighted by atomic mass is 127. The number of guanidine groups is 1. The monoisotopic (exact) mass is 478 g/mol. The summed E-state index contributed by atoms with van der Waals surface area (Å²) in [5.41, 5.74) is 1.48. The Morgan fingerprint density at radius 3 is 2.50 bits per heavy atom. The first-order chi connectivity index (χ1) is 11.9. The van der Waals surface area contributed by atoms with Gasteiger partial charge in [-0.05, 0) is 51.3 Å². The normalized spacial score (nSPS) is 13.4. The van der Waals surface area contributed by atoms with Gasteiger partial charge in [-0.15, -0.1) is 24.0 Å². The summed E-state index contributed by atoms with van der Waals surface area (Å²) < 4.78 is 13.7. The molecular weight excluding hydrogens is 446 g/mol. The fraction of sp³-hybridized carbons (Fsp3) is 0.579. The van der Waals surface area contributed by atoms with Crippen LogP contribution in [0, 0.1) is 12.7 Å². The summed E-state index contributed by atoms with van der Waals surface area (Å²) in [6, 6.07) is 5.29. The van der Waals surface area contributed by atoms with Crippen molar-refractivity contribution in [2.24, 2.45) is 4.99 Å². The van der Waals surface area contributed by atoms with Crippen molar-refractivity contribution >= 4 is 35.8 Å². The maximum Gasteiger partial charge on any atom is 0.222 e. The predicted molar refractivity (Wildman–Crippen MR) is 117 cm³/mol. The molecule has 0 aliphatic rings. The van der Waals surface area contributed by atoms with Gasteiger partial charge in [0.05, 0.1) is 12.6 Å². The number of nitrogens with zero attached hydrogens (tertiary/aromatic N) is 1. The van der Waals surface area contributed by atoms with Gasteiger partial charge >= 0.3 is 0 Å². The minimum atomic E-state index is -0.213. The third kappa shape index (κ3) is 8.82. The van der Waals surface area contributed by atoms with E-state index in [2.05, 4.69) is 20.9 Å². The number of hydrogen-bond donors (Lipinski definition) is 3. The van der Waals surface area contributed by atoms with Crippen LogP contribution in [0.3, 0.4) is 0 Å². The van der Waals surface area contributed by atoms with E-state index in [0.717, 1.165) is 12.0 Å². The lowest BCUT2D eigenvalue weighted by Gasteiger charge is -2.18. The maximum absolute atomic E-state index is 13.7. The van der Waals surface area contributed by atoms with Gasteiger partial charge in [0.15, 0.2) is 5.96 Å². The highest BCUT2D eigenvalue weighted by Crippen LogP contribution is 2.16. The number of aliphatic imine (C=N–C) groups is 1. The molecular formula is C19H32FIN4O. The number of aryl methyl sites for hydroxylation is 1. The molecule has 0 saturated carbocycles. The van der Waals surface area contributed by atoms with E-state index in [1.807, 2.05) is 33.8 Å². The van der Waals surface area contributed by atoms with Crippen molar-refractivity contribution in [1.82, 2.24) is 16.0 Å². The Kier molecular flexibility index (Phi) is 12.2. The fourth-order valence-corrected chi connectivity index (χ4v) is 2.21. The van der Waals surface area contributed by atoms with E-state index < -0.39 is 0 Å². The number of amides is 1. The van der Waals surface area contributed by atoms with Crippen LogP contribution in [-0.4, -0.2) is 31.0 Å². The Labute approximate surface area is 173 Å². The fourth-order valence-electron chi connectivity index (χ4n) is 2.21. The SMILES string of the molecule is CCNC(=NCCC(=O)NC(C)CC)NC(C)c1ccc(C)c(F)c1.I. The van der Waals surface area contributed by atoms with Crippen LogP contribution in [0.25, 0.3) is 0 Å². The summed E-state index contributed by atoms with van der Waals surface area (Å²) in [5.74, 6) is 0.407. The smallest absolute Gasteiger partial charge is 0.222 e. The van der Waals surface area contributed by atoms with Crippen molar-refractivity contribution in [1.29, 1.82) is 0 Å². The number of rotatable bonds is 8. The van der Waals surface area contributed by atoms with E-state index in [1.54, 1.807) is 13.0 Å². The Hall–Kier alpha value is -1.38. The average molecular weight is 478 g/mol. The van der Waals surface area contributed by atoms with Crippen molar-refractivity contribution in [2.75, 3.05) is 13.1 Å². The van der Waals surface area contributed by atoms with Gasteiger partial charge in [-0.1, -0.05) is 19.1 Å². The van der Waals surface area contributed by atoms with Crippen LogP contribution in [0.1, 0.15) is 57.7 Å². The van der Waals surface area contributed by atoms with Crippen LogP contribution in [0.4, 0.5) is 4.39 Å². The predicted octanol–water partition coefficient (Wildman–Crippen LogP) is 3.67. The largest absolute Gasteiger partial charge is 0.357 e. The van der Waals surface area contributed by atoms with E-state index >= 15 is 0 Å². The highest BCUT2D eigenvalue weighted by molar-refractivity contribution is 14.0. The second kappa shape index (κ2) is 12.9. The molecule has 0 fully saturated rings. The molecule has 0 saturated heterocycles. The van der Waals surface area contributed by atoms with Crippen molar-refractivity contribution in [3.63, 3.8) is 0 Å². The van der Waals surface area contributed by atoms with E-state index in [9.17, 15) is 9.18 Å². The van der Waals surface area contributed by atoms with Crippen LogP contribution in [0.2, 0.25) is 0 Å². The summed E-state index contributed by atoms with van der Waals surface area (Å²) in [6.45, 7) is 10.8. The van der Waals surface area contributed by atoms with Crippen LogP contribution >= 0.6 is 24.0 Å². The zero-order valence-corrected chi connectivity index (χ0v) is 18.7. The van der Waals surface area contributed by atoms with Gasteiger partial charge in [-0.2, -0.15) is 0 Å². The van der Waals surface area contributed by atoms with Gasteiger partial charge in [0.25, 0.3) is 0 Å². The van der Waals surface area contributed by atoms with Gasteiger partial charge in [-0.25, -0.2) is 4.39 Å². The molecule has 1 aromatic rings. The number of hydrogen-bond acceptors (Lipinski definition) is 2. The van der Waals surface area contributed by atoms with Crippen molar-refractivity contribution < 1.29 is 9.18 Å². The van der Waals surface area contributed by atoms with Crippen LogP contribution in [0.15, 0.2) is 23.2 Å². The molecule has 0 spiro atoms. The molecule has 2 unspecified atom stereocenters. The van der Waals surface area contributed by atoms with Crippen LogP contribution in [-0.2, 0) is 4.79 Å². The van der Waals surface area contributed by atoms with Crippen molar-refractivity contribution in [3.05, 3.63) is 35.1 Å². The molecule has 0 aromatic heterocycles. The Balaban J connectivity index is 0.00000625. The number of nitrogens with one attached hydrogen (secondary N) is 3. The zero-order valence-electron chi connectivity index (χ0n) is 16.4. The van der Waals surface area contributed by atoms with Gasteiger partial charge in [0, 0.05) is 19.0 Å². The Bertz CT molecular complexity index is 595. The summed E-state index contributed by atoms with van der Waals surface area (Å²) in [4.78, 5) is 16.2. The standard InChI is InChI=1S/C19H31FN4O.HI/c1-6-14(4)23-18(25)10-11-22-19(21-7-2)24-15(5)16-9-8-13(3)17(20)12-16;/h8-9,12,14-15H,6-7,10-11H2,1-5H3,(H,23,25)(H2,21,22,24);1H. The Morgan fingerprint density at radius 2 is 1.92 bits per heavy atom. The molecule has 1 rings (SSSR count). The van der Waals surface area contributed by atoms with Gasteiger partial charge in [0.2, 0.25) is 5.91 Å². The zero-order chi connectivity index (χ0) is 18.8. The third-order valence-electron chi connectivity index (χ3n) is 4.02. The first-order valence-corrected chi connectivity index (χ1v) is 8.97. The molecule has 5 nitrogen and oxygen atoms in total. The lowest BCUT2D eigenvalue weighted by atomic mass is 10.1. The first-order valence-electron chi connectivity index (χ1n) is 8.97. The molecule has 2 atom stereocenters. The average Bonchev–Trinajstić information content (AvgIpc) is 2.57. The molecule has 0 radical (unpaired) electrons.